The van der Waals surface area contributed by atoms with E-state index in [1.165, 1.54) is 10.7 Å². The number of ether oxygens (including phenoxy) is 3. The normalized spacial score (nSPS) is 11.4. The first-order valence-electron chi connectivity index (χ1n) is 12.1. The van der Waals surface area contributed by atoms with Crippen molar-refractivity contribution in [1.29, 1.82) is 0 Å². The van der Waals surface area contributed by atoms with Crippen molar-refractivity contribution in [2.45, 2.75) is 52.1 Å². The fourth-order valence-corrected chi connectivity index (χ4v) is 3.60. The number of hydrogen-bond donors (Lipinski definition) is 1. The summed E-state index contributed by atoms with van der Waals surface area (Å²) in [5.74, 6) is 1.07. The van der Waals surface area contributed by atoms with Gasteiger partial charge in [-0.3, -0.25) is 4.79 Å². The number of carbonyl (C=O) groups is 1. The summed E-state index contributed by atoms with van der Waals surface area (Å²) in [5.41, 5.74) is 0.821. The lowest BCUT2D eigenvalue weighted by molar-refractivity contribution is -0.138. The predicted molar refractivity (Wildman–Crippen MR) is 130 cm³/mol. The molecule has 0 unspecified atom stereocenters. The maximum absolute atomic E-state index is 12.8. The molecule has 0 aliphatic carbocycles. The summed E-state index contributed by atoms with van der Waals surface area (Å²) in [7, 11) is 0. The van der Waals surface area contributed by atoms with Gasteiger partial charge in [-0.15, -0.1) is 5.10 Å². The summed E-state index contributed by atoms with van der Waals surface area (Å²) in [4.78, 5) is 14.8. The highest BCUT2D eigenvalue weighted by molar-refractivity contribution is 5.67. The Balaban J connectivity index is 1.56. The van der Waals surface area contributed by atoms with E-state index >= 15 is 0 Å². The zero-order valence-corrected chi connectivity index (χ0v) is 20.8. The average molecular weight is 522 g/mol. The van der Waals surface area contributed by atoms with Crippen LogP contribution < -0.4 is 14.2 Å². The van der Waals surface area contributed by atoms with Crippen molar-refractivity contribution in [2.75, 3.05) is 19.8 Å². The third kappa shape index (κ3) is 8.12. The molecule has 3 rings (SSSR count). The predicted octanol–water partition coefficient (Wildman–Crippen LogP) is 5.50. The summed E-state index contributed by atoms with van der Waals surface area (Å²) in [6.07, 6.45) is 0.583. The van der Waals surface area contributed by atoms with E-state index in [9.17, 15) is 18.0 Å². The van der Waals surface area contributed by atoms with Crippen molar-refractivity contribution in [3.63, 3.8) is 0 Å². The van der Waals surface area contributed by atoms with Crippen molar-refractivity contribution < 1.29 is 37.3 Å². The fourth-order valence-electron chi connectivity index (χ4n) is 3.60. The van der Waals surface area contributed by atoms with Crippen LogP contribution >= 0.6 is 0 Å². The van der Waals surface area contributed by atoms with Gasteiger partial charge in [0.1, 0.15) is 11.5 Å². The number of rotatable bonds is 14. The molecule has 37 heavy (non-hydrogen) atoms. The summed E-state index contributed by atoms with van der Waals surface area (Å²) in [5, 5.41) is 13.3. The summed E-state index contributed by atoms with van der Waals surface area (Å²) >= 11 is 0. The number of unbranched alkanes of at least 4 members (excludes halogenated alkanes) is 1. The smallest absolute Gasteiger partial charge is 0.417 e. The monoisotopic (exact) mass is 521 g/mol. The van der Waals surface area contributed by atoms with Gasteiger partial charge in [-0.1, -0.05) is 6.07 Å². The van der Waals surface area contributed by atoms with Crippen molar-refractivity contribution in [3.05, 3.63) is 59.4 Å². The highest BCUT2D eigenvalue weighted by atomic mass is 19.4. The van der Waals surface area contributed by atoms with E-state index in [0.717, 1.165) is 36.2 Å². The van der Waals surface area contributed by atoms with E-state index in [2.05, 4.69) is 10.1 Å². The number of carboxylic acids is 1. The molecule has 0 saturated carbocycles. The molecule has 8 nitrogen and oxygen atoms in total. The highest BCUT2D eigenvalue weighted by Gasteiger charge is 2.30. The maximum atomic E-state index is 12.8. The van der Waals surface area contributed by atoms with Crippen LogP contribution in [0.15, 0.2) is 42.7 Å². The zero-order chi connectivity index (χ0) is 26.8. The molecule has 2 heterocycles. The molecule has 0 aliphatic rings. The van der Waals surface area contributed by atoms with E-state index in [1.807, 2.05) is 19.9 Å². The molecule has 3 aromatic rings. The first kappa shape index (κ1) is 27.8. The van der Waals surface area contributed by atoms with Crippen LogP contribution in [-0.4, -0.2) is 45.7 Å². The van der Waals surface area contributed by atoms with Crippen LogP contribution in [-0.2, 0) is 23.8 Å². The Kier molecular flexibility index (Phi) is 9.76. The minimum absolute atomic E-state index is 0.0233. The number of aromatic nitrogens is 3. The van der Waals surface area contributed by atoms with Crippen LogP contribution in [0, 0.1) is 0 Å². The topological polar surface area (TPSA) is 95.7 Å². The van der Waals surface area contributed by atoms with E-state index < -0.39 is 17.7 Å². The van der Waals surface area contributed by atoms with Crippen LogP contribution in [0.25, 0.3) is 5.82 Å². The lowest BCUT2D eigenvalue weighted by Gasteiger charge is -2.12. The third-order valence-electron chi connectivity index (χ3n) is 5.40. The van der Waals surface area contributed by atoms with Gasteiger partial charge in [0.05, 0.1) is 25.4 Å². The number of halogens is 3. The molecule has 0 spiro atoms. The van der Waals surface area contributed by atoms with E-state index in [1.54, 1.807) is 18.3 Å². The van der Waals surface area contributed by atoms with Gasteiger partial charge in [0.15, 0.2) is 5.82 Å². The zero-order valence-electron chi connectivity index (χ0n) is 20.8. The quantitative estimate of drug-likeness (QED) is 0.280. The molecule has 0 bridgehead atoms. The Morgan fingerprint density at radius 3 is 2.43 bits per heavy atom. The number of alkyl halides is 3. The van der Waals surface area contributed by atoms with Crippen molar-refractivity contribution in [2.24, 2.45) is 0 Å². The van der Waals surface area contributed by atoms with Crippen LogP contribution in [0.1, 0.15) is 49.8 Å². The van der Waals surface area contributed by atoms with Gasteiger partial charge in [0.2, 0.25) is 5.88 Å². The largest absolute Gasteiger partial charge is 0.493 e. The molecule has 1 aromatic carbocycles. The van der Waals surface area contributed by atoms with Gasteiger partial charge in [-0.05, 0) is 63.3 Å². The first-order valence-corrected chi connectivity index (χ1v) is 12.1. The molecular weight excluding hydrogens is 491 g/mol. The number of hydrogen-bond acceptors (Lipinski definition) is 6. The standard InChI is InChI=1S/C26H30F3N3O5/c1-3-35-22-15-21(11-8-18(22)9-13-24(33)34)37-14-6-5-7-19-17-32(31-25(19)36-4-2)23-12-10-20(16-30-23)26(27,28)29/h8,10-12,15-17H,3-7,9,13-14H2,1-2H3,(H,33,34). The Hall–Kier alpha value is -3.76. The van der Waals surface area contributed by atoms with E-state index in [0.29, 0.717) is 50.0 Å². The third-order valence-corrected chi connectivity index (χ3v) is 5.40. The van der Waals surface area contributed by atoms with E-state index in [-0.39, 0.29) is 12.2 Å². The van der Waals surface area contributed by atoms with Gasteiger partial charge in [-0.25, -0.2) is 9.67 Å². The number of aliphatic carboxylic acids is 1. The molecule has 0 amide bonds. The number of benzene rings is 1. The number of aryl methyl sites for hydroxylation is 2. The van der Waals surface area contributed by atoms with Crippen molar-refractivity contribution >= 4 is 5.97 Å². The van der Waals surface area contributed by atoms with Gasteiger partial charge < -0.3 is 19.3 Å². The summed E-state index contributed by atoms with van der Waals surface area (Å²) in [6.45, 7) is 5.01. The van der Waals surface area contributed by atoms with Crippen LogP contribution in [0.2, 0.25) is 0 Å². The second kappa shape index (κ2) is 13.0. The molecular formula is C26H30F3N3O5. The molecule has 0 fully saturated rings. The van der Waals surface area contributed by atoms with Crippen molar-refractivity contribution in [3.8, 4) is 23.2 Å². The molecule has 11 heteroatoms. The SMILES string of the molecule is CCOc1cc(OCCCCc2cn(-c3ccc(C(F)(F)F)cn3)nc2OCC)ccc1CCC(=O)O. The van der Waals surface area contributed by atoms with Gasteiger partial charge in [-0.2, -0.15) is 13.2 Å². The average Bonchev–Trinajstić information content (AvgIpc) is 3.26. The van der Waals surface area contributed by atoms with Crippen LogP contribution in [0.4, 0.5) is 13.2 Å². The Labute approximate surface area is 213 Å². The van der Waals surface area contributed by atoms with Crippen LogP contribution in [0.3, 0.4) is 0 Å². The van der Waals surface area contributed by atoms with Gasteiger partial charge in [0, 0.05) is 30.4 Å². The lowest BCUT2D eigenvalue weighted by Crippen LogP contribution is -2.07. The Morgan fingerprint density at radius 1 is 1.00 bits per heavy atom. The molecule has 0 saturated heterocycles. The minimum atomic E-state index is -4.45. The second-order valence-corrected chi connectivity index (χ2v) is 8.14. The number of pyridine rings is 1. The molecule has 0 aliphatic heterocycles. The van der Waals surface area contributed by atoms with E-state index in [4.69, 9.17) is 19.3 Å². The molecule has 2 aromatic heterocycles. The maximum Gasteiger partial charge on any atom is 0.417 e. The second-order valence-electron chi connectivity index (χ2n) is 8.14. The number of nitrogens with zero attached hydrogens (tertiary/aromatic N) is 3. The fraction of sp³-hybridized carbons (Fsp3) is 0.423. The van der Waals surface area contributed by atoms with Gasteiger partial charge in [0.25, 0.3) is 0 Å². The summed E-state index contributed by atoms with van der Waals surface area (Å²) < 4.78 is 56.9. The van der Waals surface area contributed by atoms with Gasteiger partial charge >= 0.3 is 12.1 Å². The summed E-state index contributed by atoms with van der Waals surface area (Å²) in [6, 6.07) is 7.63. The molecule has 0 radical (unpaired) electrons. The van der Waals surface area contributed by atoms with Crippen molar-refractivity contribution in [1.82, 2.24) is 14.8 Å². The lowest BCUT2D eigenvalue weighted by atomic mass is 10.1. The van der Waals surface area contributed by atoms with Crippen LogP contribution in [0.5, 0.6) is 17.4 Å². The first-order chi connectivity index (χ1) is 17.7. The highest BCUT2D eigenvalue weighted by Crippen LogP contribution is 2.29. The Bertz CT molecular complexity index is 1160. The molecule has 0 atom stereocenters. The molecule has 200 valence electrons. The Morgan fingerprint density at radius 2 is 1.78 bits per heavy atom. The minimum Gasteiger partial charge on any atom is -0.493 e. The number of carboxylic acid groups (broad SMARTS) is 1. The molecule has 1 N–H and O–H groups in total.